The Morgan fingerprint density at radius 1 is 1.24 bits per heavy atom. The van der Waals surface area contributed by atoms with Crippen LogP contribution in [0, 0.1) is 0 Å². The van der Waals surface area contributed by atoms with Gasteiger partial charge in [0, 0.05) is 39.6 Å². The van der Waals surface area contributed by atoms with Gasteiger partial charge < -0.3 is 19.4 Å². The first-order valence-corrected chi connectivity index (χ1v) is 9.92. The number of aryl methyl sites for hydroxylation is 1. The van der Waals surface area contributed by atoms with E-state index in [1.165, 1.54) is 4.40 Å². The fourth-order valence-electron chi connectivity index (χ4n) is 3.22. The molecule has 8 nitrogen and oxygen atoms in total. The van der Waals surface area contributed by atoms with E-state index in [0.717, 1.165) is 6.42 Å². The van der Waals surface area contributed by atoms with Crippen molar-refractivity contribution >= 4 is 22.6 Å². The van der Waals surface area contributed by atoms with Crippen molar-refractivity contribution in [3.63, 3.8) is 0 Å². The minimum absolute atomic E-state index is 0.169. The number of carbonyl (C=O) groups is 1. The van der Waals surface area contributed by atoms with Gasteiger partial charge in [-0.15, -0.1) is 0 Å². The lowest BCUT2D eigenvalue weighted by atomic mass is 10.3. The first kappa shape index (κ1) is 21.0. The number of fused-ring (bicyclic) bond motifs is 2. The van der Waals surface area contributed by atoms with Crippen LogP contribution in [0.3, 0.4) is 0 Å². The zero-order valence-electron chi connectivity index (χ0n) is 17.2. The molecule has 0 saturated carbocycles. The van der Waals surface area contributed by atoms with E-state index in [1.807, 2.05) is 24.5 Å². The first-order valence-electron chi connectivity index (χ1n) is 9.92. The van der Waals surface area contributed by atoms with Crippen molar-refractivity contribution in [2.24, 2.45) is 0 Å². The molecule has 0 fully saturated rings. The summed E-state index contributed by atoms with van der Waals surface area (Å²) in [5, 5.41) is 3.35. The molecular weight excluding hydrogens is 372 g/mol. The number of amides is 1. The van der Waals surface area contributed by atoms with Crippen LogP contribution in [0.1, 0.15) is 37.2 Å². The zero-order chi connectivity index (χ0) is 20.8. The van der Waals surface area contributed by atoms with Gasteiger partial charge in [-0.3, -0.25) is 14.0 Å². The van der Waals surface area contributed by atoms with E-state index >= 15 is 0 Å². The molecule has 0 unspecified atom stereocenters. The lowest BCUT2D eigenvalue weighted by Gasteiger charge is -2.11. The first-order chi connectivity index (χ1) is 14.0. The molecule has 1 amide bonds. The van der Waals surface area contributed by atoms with E-state index in [0.29, 0.717) is 55.1 Å². The summed E-state index contributed by atoms with van der Waals surface area (Å²) in [6.45, 7) is 6.13. The standard InChI is InChI=1S/C21H28N4O4/c1-15(2)29-13-6-9-22-20(26)17-14-16-19(24(17)11-7-12-28-3)23-18-8-4-5-10-25(18)21(16)27/h4-5,8,10,14-15H,6-7,9,11-13H2,1-3H3,(H,22,26). The van der Waals surface area contributed by atoms with Crippen molar-refractivity contribution in [3.8, 4) is 0 Å². The van der Waals surface area contributed by atoms with Gasteiger partial charge in [0.25, 0.3) is 11.5 Å². The van der Waals surface area contributed by atoms with Crippen molar-refractivity contribution in [2.45, 2.75) is 39.3 Å². The second-order valence-electron chi connectivity index (χ2n) is 7.14. The lowest BCUT2D eigenvalue weighted by Crippen LogP contribution is -2.28. The third-order valence-electron chi connectivity index (χ3n) is 4.60. The monoisotopic (exact) mass is 400 g/mol. The van der Waals surface area contributed by atoms with Gasteiger partial charge in [-0.1, -0.05) is 6.07 Å². The van der Waals surface area contributed by atoms with Crippen LogP contribution in [0.4, 0.5) is 0 Å². The molecule has 8 heteroatoms. The summed E-state index contributed by atoms with van der Waals surface area (Å²) in [4.78, 5) is 30.4. The van der Waals surface area contributed by atoms with Crippen LogP contribution in [0.25, 0.3) is 16.7 Å². The summed E-state index contributed by atoms with van der Waals surface area (Å²) in [5.74, 6) is -0.224. The smallest absolute Gasteiger partial charge is 0.267 e. The Hall–Kier alpha value is -2.71. The number of rotatable bonds is 10. The average Bonchev–Trinajstić information content (AvgIpc) is 3.07. The van der Waals surface area contributed by atoms with Gasteiger partial charge in [-0.05, 0) is 44.9 Å². The second kappa shape index (κ2) is 9.67. The molecule has 0 aromatic carbocycles. The largest absolute Gasteiger partial charge is 0.385 e. The molecule has 0 aliphatic carbocycles. The summed E-state index contributed by atoms with van der Waals surface area (Å²) >= 11 is 0. The summed E-state index contributed by atoms with van der Waals surface area (Å²) in [6, 6.07) is 7.03. The van der Waals surface area contributed by atoms with Crippen LogP contribution in [-0.4, -0.2) is 52.8 Å². The lowest BCUT2D eigenvalue weighted by molar-refractivity contribution is 0.0756. The maximum atomic E-state index is 12.9. The summed E-state index contributed by atoms with van der Waals surface area (Å²) < 4.78 is 13.9. The van der Waals surface area contributed by atoms with Gasteiger partial charge >= 0.3 is 0 Å². The van der Waals surface area contributed by atoms with Crippen LogP contribution in [-0.2, 0) is 16.0 Å². The van der Waals surface area contributed by atoms with Crippen LogP contribution < -0.4 is 10.9 Å². The van der Waals surface area contributed by atoms with Gasteiger partial charge in [0.05, 0.1) is 11.5 Å². The van der Waals surface area contributed by atoms with E-state index in [2.05, 4.69) is 10.3 Å². The minimum atomic E-state index is -0.224. The summed E-state index contributed by atoms with van der Waals surface area (Å²) in [7, 11) is 1.64. The molecule has 0 aliphatic rings. The predicted molar refractivity (Wildman–Crippen MR) is 111 cm³/mol. The highest BCUT2D eigenvalue weighted by atomic mass is 16.5. The Morgan fingerprint density at radius 3 is 2.83 bits per heavy atom. The van der Waals surface area contributed by atoms with Gasteiger partial charge in [-0.25, -0.2) is 4.98 Å². The number of methoxy groups -OCH3 is 1. The average molecular weight is 400 g/mol. The molecule has 3 aromatic heterocycles. The molecular formula is C21H28N4O4. The number of pyridine rings is 1. The molecule has 0 aliphatic heterocycles. The fourth-order valence-corrected chi connectivity index (χ4v) is 3.22. The molecule has 0 radical (unpaired) electrons. The van der Waals surface area contributed by atoms with E-state index in [4.69, 9.17) is 9.47 Å². The molecule has 3 aromatic rings. The molecule has 0 saturated heterocycles. The third-order valence-corrected chi connectivity index (χ3v) is 4.60. The number of hydrogen-bond acceptors (Lipinski definition) is 5. The Balaban J connectivity index is 1.91. The Kier molecular flexibility index (Phi) is 7.00. The molecule has 0 atom stereocenters. The molecule has 3 rings (SSSR count). The van der Waals surface area contributed by atoms with E-state index in [1.54, 1.807) is 31.5 Å². The maximum absolute atomic E-state index is 12.9. The Labute approximate surface area is 169 Å². The molecule has 0 spiro atoms. The van der Waals surface area contributed by atoms with Crippen LogP contribution >= 0.6 is 0 Å². The Morgan fingerprint density at radius 2 is 2.07 bits per heavy atom. The van der Waals surface area contributed by atoms with Crippen molar-refractivity contribution in [2.75, 3.05) is 26.9 Å². The highest BCUT2D eigenvalue weighted by Gasteiger charge is 2.19. The maximum Gasteiger partial charge on any atom is 0.267 e. The highest BCUT2D eigenvalue weighted by molar-refractivity contribution is 5.98. The zero-order valence-corrected chi connectivity index (χ0v) is 17.2. The van der Waals surface area contributed by atoms with Gasteiger partial charge in [0.2, 0.25) is 0 Å². The SMILES string of the molecule is COCCCn1c(C(=O)NCCCOC(C)C)cc2c(=O)n3ccccc3nc21. The van der Waals surface area contributed by atoms with E-state index in [9.17, 15) is 9.59 Å². The third kappa shape index (κ3) is 4.83. The number of aromatic nitrogens is 3. The van der Waals surface area contributed by atoms with Gasteiger partial charge in [0.15, 0.2) is 0 Å². The van der Waals surface area contributed by atoms with Crippen LogP contribution in [0.2, 0.25) is 0 Å². The number of hydrogen-bond donors (Lipinski definition) is 1. The quantitative estimate of drug-likeness (QED) is 0.528. The summed E-state index contributed by atoms with van der Waals surface area (Å²) in [6.07, 6.45) is 3.28. The molecule has 156 valence electrons. The predicted octanol–water partition coefficient (Wildman–Crippen LogP) is 2.23. The van der Waals surface area contributed by atoms with Crippen molar-refractivity contribution in [1.82, 2.24) is 19.3 Å². The normalized spacial score (nSPS) is 11.6. The van der Waals surface area contributed by atoms with Crippen molar-refractivity contribution in [1.29, 1.82) is 0 Å². The van der Waals surface area contributed by atoms with Crippen LogP contribution in [0.15, 0.2) is 35.3 Å². The molecule has 0 bridgehead atoms. The topological polar surface area (TPSA) is 86.9 Å². The fraction of sp³-hybridized carbons (Fsp3) is 0.476. The second-order valence-corrected chi connectivity index (χ2v) is 7.14. The minimum Gasteiger partial charge on any atom is -0.385 e. The van der Waals surface area contributed by atoms with Gasteiger partial charge in [-0.2, -0.15) is 0 Å². The summed E-state index contributed by atoms with van der Waals surface area (Å²) in [5.41, 5.74) is 1.32. The Bertz CT molecular complexity index is 1040. The van der Waals surface area contributed by atoms with E-state index in [-0.39, 0.29) is 17.6 Å². The number of ether oxygens (including phenoxy) is 2. The van der Waals surface area contributed by atoms with Gasteiger partial charge in [0.1, 0.15) is 17.0 Å². The molecule has 29 heavy (non-hydrogen) atoms. The number of nitrogens with zero attached hydrogens (tertiary/aromatic N) is 3. The number of carbonyl (C=O) groups excluding carboxylic acids is 1. The van der Waals surface area contributed by atoms with Crippen molar-refractivity contribution < 1.29 is 14.3 Å². The highest BCUT2D eigenvalue weighted by Crippen LogP contribution is 2.17. The van der Waals surface area contributed by atoms with Crippen molar-refractivity contribution in [3.05, 3.63) is 46.5 Å². The number of nitrogens with one attached hydrogen (secondary N) is 1. The van der Waals surface area contributed by atoms with Crippen LogP contribution in [0.5, 0.6) is 0 Å². The van der Waals surface area contributed by atoms with E-state index < -0.39 is 0 Å². The molecule has 1 N–H and O–H groups in total. The molecule has 3 heterocycles.